The Balaban J connectivity index is 2.40. The van der Waals surface area contributed by atoms with E-state index in [0.717, 1.165) is 25.8 Å². The fourth-order valence-corrected chi connectivity index (χ4v) is 2.31. The molecule has 0 saturated carbocycles. The van der Waals surface area contributed by atoms with Gasteiger partial charge in [-0.05, 0) is 18.8 Å². The lowest BCUT2D eigenvalue weighted by molar-refractivity contribution is -0.139. The lowest BCUT2D eigenvalue weighted by Crippen LogP contribution is -2.33. The molecule has 4 heteroatoms. The van der Waals surface area contributed by atoms with Crippen LogP contribution < -0.4 is 0 Å². The second-order valence-electron chi connectivity index (χ2n) is 4.73. The molecule has 2 unspecified atom stereocenters. The van der Waals surface area contributed by atoms with Crippen LogP contribution in [0.25, 0.3) is 0 Å². The van der Waals surface area contributed by atoms with E-state index in [1.165, 1.54) is 0 Å². The Kier molecular flexibility index (Phi) is 4.77. The second-order valence-corrected chi connectivity index (χ2v) is 4.73. The highest BCUT2D eigenvalue weighted by Gasteiger charge is 2.29. The molecule has 2 atom stereocenters. The summed E-state index contributed by atoms with van der Waals surface area (Å²) in [6.45, 7) is 5.38. The highest BCUT2D eigenvalue weighted by Crippen LogP contribution is 2.22. The quantitative estimate of drug-likeness (QED) is 0.778. The number of carbonyl (C=O) groups is 2. The van der Waals surface area contributed by atoms with E-state index >= 15 is 0 Å². The Bertz CT molecular complexity index is 265. The van der Waals surface area contributed by atoms with Crippen molar-refractivity contribution in [2.75, 3.05) is 13.1 Å². The largest absolute Gasteiger partial charge is 0.481 e. The van der Waals surface area contributed by atoms with Gasteiger partial charge in [0, 0.05) is 25.4 Å². The fraction of sp³-hybridized carbons (Fsp3) is 0.833. The third kappa shape index (κ3) is 3.51. The summed E-state index contributed by atoms with van der Waals surface area (Å²) in [7, 11) is 0. The maximum Gasteiger partial charge on any atom is 0.303 e. The average Bonchev–Trinajstić information content (AvgIpc) is 2.64. The molecular weight excluding hydrogens is 206 g/mol. The molecule has 1 amide bonds. The van der Waals surface area contributed by atoms with Gasteiger partial charge >= 0.3 is 5.97 Å². The van der Waals surface area contributed by atoms with Crippen LogP contribution in [-0.2, 0) is 9.59 Å². The van der Waals surface area contributed by atoms with Crippen LogP contribution in [0.15, 0.2) is 0 Å². The van der Waals surface area contributed by atoms with Gasteiger partial charge in [0.05, 0.1) is 0 Å². The first kappa shape index (κ1) is 13.0. The summed E-state index contributed by atoms with van der Waals surface area (Å²) < 4.78 is 0. The number of hydrogen-bond acceptors (Lipinski definition) is 2. The minimum Gasteiger partial charge on any atom is -0.481 e. The third-order valence-corrected chi connectivity index (χ3v) is 3.20. The van der Waals surface area contributed by atoms with E-state index in [-0.39, 0.29) is 24.2 Å². The average molecular weight is 227 g/mol. The smallest absolute Gasteiger partial charge is 0.303 e. The summed E-state index contributed by atoms with van der Waals surface area (Å²) in [6, 6.07) is 0. The molecule has 0 spiro atoms. The van der Waals surface area contributed by atoms with Crippen molar-refractivity contribution in [3.05, 3.63) is 0 Å². The summed E-state index contributed by atoms with van der Waals surface area (Å²) in [5.41, 5.74) is 0. The standard InChI is InChI=1S/C12H21NO3/c1-3-4-9(2)12(16)13-6-5-10(8-13)7-11(14)15/h9-10H,3-8H2,1-2H3,(H,14,15). The van der Waals surface area contributed by atoms with Crippen molar-refractivity contribution in [3.8, 4) is 0 Å². The molecule has 1 rings (SSSR count). The lowest BCUT2D eigenvalue weighted by atomic mass is 10.0. The van der Waals surface area contributed by atoms with Gasteiger partial charge in [0.25, 0.3) is 0 Å². The molecular formula is C12H21NO3. The summed E-state index contributed by atoms with van der Waals surface area (Å²) in [6.07, 6.45) is 2.95. The van der Waals surface area contributed by atoms with Gasteiger partial charge in [0.2, 0.25) is 5.91 Å². The molecule has 0 aliphatic carbocycles. The number of nitrogens with zero attached hydrogens (tertiary/aromatic N) is 1. The minimum absolute atomic E-state index is 0.0774. The van der Waals surface area contributed by atoms with E-state index in [1.54, 1.807) is 0 Å². The maximum atomic E-state index is 11.9. The van der Waals surface area contributed by atoms with Gasteiger partial charge < -0.3 is 10.0 Å². The first-order valence-corrected chi connectivity index (χ1v) is 6.05. The molecule has 0 bridgehead atoms. The molecule has 92 valence electrons. The molecule has 1 aliphatic heterocycles. The highest BCUT2D eigenvalue weighted by molar-refractivity contribution is 5.78. The van der Waals surface area contributed by atoms with Crippen LogP contribution >= 0.6 is 0 Å². The van der Waals surface area contributed by atoms with E-state index in [0.29, 0.717) is 6.54 Å². The van der Waals surface area contributed by atoms with Gasteiger partial charge in [0.1, 0.15) is 0 Å². The van der Waals surface area contributed by atoms with E-state index < -0.39 is 5.97 Å². The zero-order valence-electron chi connectivity index (χ0n) is 10.1. The van der Waals surface area contributed by atoms with Crippen LogP contribution in [0.3, 0.4) is 0 Å². The number of carbonyl (C=O) groups excluding carboxylic acids is 1. The van der Waals surface area contributed by atoms with Crippen molar-refractivity contribution in [2.24, 2.45) is 11.8 Å². The summed E-state index contributed by atoms with van der Waals surface area (Å²) in [5, 5.41) is 8.69. The van der Waals surface area contributed by atoms with Crippen molar-refractivity contribution in [2.45, 2.75) is 39.5 Å². The number of likely N-dealkylation sites (tertiary alicyclic amines) is 1. The lowest BCUT2D eigenvalue weighted by Gasteiger charge is -2.20. The SMILES string of the molecule is CCCC(C)C(=O)N1CCC(CC(=O)O)C1. The molecule has 16 heavy (non-hydrogen) atoms. The van der Waals surface area contributed by atoms with Gasteiger partial charge in [-0.3, -0.25) is 9.59 Å². The number of carboxylic acid groups (broad SMARTS) is 1. The third-order valence-electron chi connectivity index (χ3n) is 3.20. The molecule has 0 aromatic heterocycles. The van der Waals surface area contributed by atoms with E-state index in [1.807, 2.05) is 11.8 Å². The fourth-order valence-electron chi connectivity index (χ4n) is 2.31. The molecule has 1 N–H and O–H groups in total. The molecule has 0 radical (unpaired) electrons. The Morgan fingerprint density at radius 1 is 1.50 bits per heavy atom. The van der Waals surface area contributed by atoms with Crippen LogP contribution in [0.4, 0.5) is 0 Å². The van der Waals surface area contributed by atoms with Crippen molar-refractivity contribution >= 4 is 11.9 Å². The summed E-state index contributed by atoms with van der Waals surface area (Å²) in [5.74, 6) is -0.348. The number of aliphatic carboxylic acids is 1. The summed E-state index contributed by atoms with van der Waals surface area (Å²) >= 11 is 0. The predicted molar refractivity (Wildman–Crippen MR) is 61.0 cm³/mol. The Hall–Kier alpha value is -1.06. The maximum absolute atomic E-state index is 11.9. The highest BCUT2D eigenvalue weighted by atomic mass is 16.4. The predicted octanol–water partition coefficient (Wildman–Crippen LogP) is 1.75. The molecule has 0 aromatic carbocycles. The molecule has 1 heterocycles. The van der Waals surface area contributed by atoms with Crippen molar-refractivity contribution < 1.29 is 14.7 Å². The van der Waals surface area contributed by atoms with Crippen LogP contribution in [0, 0.1) is 11.8 Å². The van der Waals surface area contributed by atoms with E-state index in [4.69, 9.17) is 5.11 Å². The first-order chi connectivity index (χ1) is 7.54. The van der Waals surface area contributed by atoms with Crippen LogP contribution in [0.5, 0.6) is 0 Å². The van der Waals surface area contributed by atoms with Crippen LogP contribution in [0.1, 0.15) is 39.5 Å². The Morgan fingerprint density at radius 3 is 2.75 bits per heavy atom. The molecule has 1 aliphatic rings. The Morgan fingerprint density at radius 2 is 2.19 bits per heavy atom. The normalized spacial score (nSPS) is 22.1. The monoisotopic (exact) mass is 227 g/mol. The molecule has 4 nitrogen and oxygen atoms in total. The first-order valence-electron chi connectivity index (χ1n) is 6.05. The van der Waals surface area contributed by atoms with Crippen LogP contribution in [0.2, 0.25) is 0 Å². The van der Waals surface area contributed by atoms with Gasteiger partial charge in [-0.15, -0.1) is 0 Å². The van der Waals surface area contributed by atoms with Crippen molar-refractivity contribution in [3.63, 3.8) is 0 Å². The van der Waals surface area contributed by atoms with Crippen LogP contribution in [-0.4, -0.2) is 35.0 Å². The zero-order chi connectivity index (χ0) is 12.1. The number of amides is 1. The van der Waals surface area contributed by atoms with Gasteiger partial charge in [-0.2, -0.15) is 0 Å². The number of carboxylic acids is 1. The van der Waals surface area contributed by atoms with E-state index in [9.17, 15) is 9.59 Å². The second kappa shape index (κ2) is 5.87. The van der Waals surface area contributed by atoms with Gasteiger partial charge in [-0.25, -0.2) is 0 Å². The Labute approximate surface area is 96.6 Å². The van der Waals surface area contributed by atoms with Gasteiger partial charge in [-0.1, -0.05) is 20.3 Å². The van der Waals surface area contributed by atoms with Gasteiger partial charge in [0.15, 0.2) is 0 Å². The van der Waals surface area contributed by atoms with Crippen molar-refractivity contribution in [1.82, 2.24) is 4.90 Å². The summed E-state index contributed by atoms with van der Waals surface area (Å²) in [4.78, 5) is 24.3. The number of hydrogen-bond donors (Lipinski definition) is 1. The molecule has 1 fully saturated rings. The minimum atomic E-state index is -0.763. The molecule has 1 saturated heterocycles. The topological polar surface area (TPSA) is 57.6 Å². The molecule has 0 aromatic rings. The zero-order valence-corrected chi connectivity index (χ0v) is 10.1. The number of rotatable bonds is 5. The van der Waals surface area contributed by atoms with Crippen molar-refractivity contribution in [1.29, 1.82) is 0 Å². The van der Waals surface area contributed by atoms with E-state index in [2.05, 4.69) is 6.92 Å².